The van der Waals surface area contributed by atoms with Crippen LogP contribution in [0.25, 0.3) is 6.08 Å². The summed E-state index contributed by atoms with van der Waals surface area (Å²) in [5.41, 5.74) is 3.39. The molecule has 6 nitrogen and oxygen atoms in total. The first kappa shape index (κ1) is 24.8. The number of hydrogen-bond acceptors (Lipinski definition) is 5. The molecule has 1 N–H and O–H groups in total. The first-order valence-corrected chi connectivity index (χ1v) is 13.2. The minimum atomic E-state index is -0.348. The van der Waals surface area contributed by atoms with E-state index in [4.69, 9.17) is 9.47 Å². The van der Waals surface area contributed by atoms with Gasteiger partial charge in [0.05, 0.1) is 17.1 Å². The minimum Gasteiger partial charge on any atom is -0.454 e. The molecule has 0 radical (unpaired) electrons. The zero-order valence-corrected chi connectivity index (χ0v) is 21.5. The maximum absolute atomic E-state index is 14.4. The zero-order valence-electron chi connectivity index (χ0n) is 20.7. The molecule has 0 saturated heterocycles. The average molecular weight is 539 g/mol. The summed E-state index contributed by atoms with van der Waals surface area (Å²) < 4.78 is 25.1. The van der Waals surface area contributed by atoms with Crippen LogP contribution in [0.1, 0.15) is 27.0 Å². The predicted molar refractivity (Wildman–Crippen MR) is 148 cm³/mol. The van der Waals surface area contributed by atoms with Gasteiger partial charge in [-0.05, 0) is 59.7 Å². The van der Waals surface area contributed by atoms with E-state index < -0.39 is 0 Å². The molecule has 0 atom stereocenters. The summed E-state index contributed by atoms with van der Waals surface area (Å²) in [6, 6.07) is 26.7. The third-order valence-corrected chi connectivity index (χ3v) is 7.56. The highest BCUT2D eigenvalue weighted by atomic mass is 32.2. The highest BCUT2D eigenvalue weighted by molar-refractivity contribution is 8.04. The summed E-state index contributed by atoms with van der Waals surface area (Å²) in [5.74, 6) is 0.610. The van der Waals surface area contributed by atoms with Gasteiger partial charge in [0, 0.05) is 22.6 Å². The van der Waals surface area contributed by atoms with Crippen LogP contribution in [0, 0.1) is 5.82 Å². The molecule has 0 spiro atoms. The Balaban J connectivity index is 1.17. The predicted octanol–water partition coefficient (Wildman–Crippen LogP) is 6.16. The number of thioether (sulfide) groups is 1. The standard InChI is InChI=1S/C31H23FN2O4S/c32-24-6-2-1-5-23(24)18-34-25-7-3-4-8-28(25)39-29(31(34)36)16-20-9-12-22(13-10-20)30(35)33-17-21-11-14-26-27(15-21)38-19-37-26/h1-16H,17-19H2,(H,33,35). The van der Waals surface area contributed by atoms with Gasteiger partial charge in [0.15, 0.2) is 11.5 Å². The van der Waals surface area contributed by atoms with Gasteiger partial charge in [-0.3, -0.25) is 9.59 Å². The van der Waals surface area contributed by atoms with Crippen LogP contribution in [0.2, 0.25) is 0 Å². The largest absolute Gasteiger partial charge is 0.454 e. The van der Waals surface area contributed by atoms with Crippen LogP contribution in [-0.4, -0.2) is 18.6 Å². The number of anilines is 1. The molecule has 0 saturated carbocycles. The minimum absolute atomic E-state index is 0.128. The van der Waals surface area contributed by atoms with Gasteiger partial charge in [0.2, 0.25) is 6.79 Å². The lowest BCUT2D eigenvalue weighted by atomic mass is 10.1. The molecule has 4 aromatic carbocycles. The third-order valence-electron chi connectivity index (χ3n) is 6.48. The first-order valence-electron chi connectivity index (χ1n) is 12.4. The molecule has 194 valence electrons. The molecule has 6 rings (SSSR count). The second-order valence-corrected chi connectivity index (χ2v) is 10.1. The van der Waals surface area contributed by atoms with Crippen LogP contribution in [-0.2, 0) is 17.9 Å². The van der Waals surface area contributed by atoms with Gasteiger partial charge in [-0.15, -0.1) is 0 Å². The lowest BCUT2D eigenvalue weighted by Crippen LogP contribution is -2.34. The van der Waals surface area contributed by atoms with Crippen LogP contribution >= 0.6 is 11.8 Å². The quantitative estimate of drug-likeness (QED) is 0.298. The number of halogens is 1. The van der Waals surface area contributed by atoms with Gasteiger partial charge in [0.25, 0.3) is 11.8 Å². The van der Waals surface area contributed by atoms with E-state index in [0.717, 1.165) is 21.7 Å². The van der Waals surface area contributed by atoms with E-state index in [2.05, 4.69) is 5.32 Å². The van der Waals surface area contributed by atoms with E-state index in [0.29, 0.717) is 34.1 Å². The molecule has 0 bridgehead atoms. The summed E-state index contributed by atoms with van der Waals surface area (Å²) in [7, 11) is 0. The fourth-order valence-corrected chi connectivity index (χ4v) is 5.49. The number of hydrogen-bond donors (Lipinski definition) is 1. The summed E-state index contributed by atoms with van der Waals surface area (Å²) in [5, 5.41) is 2.91. The van der Waals surface area contributed by atoms with Crippen LogP contribution in [0.4, 0.5) is 10.1 Å². The number of carbonyl (C=O) groups excluding carboxylic acids is 2. The van der Waals surface area contributed by atoms with Crippen molar-refractivity contribution in [2.24, 2.45) is 0 Å². The molecule has 2 aliphatic rings. The number of para-hydroxylation sites is 1. The van der Waals surface area contributed by atoms with Crippen molar-refractivity contribution >= 4 is 35.3 Å². The Labute approximate surface area is 229 Å². The molecule has 2 amide bonds. The fraction of sp³-hybridized carbons (Fsp3) is 0.0968. The van der Waals surface area contributed by atoms with E-state index in [1.165, 1.54) is 17.8 Å². The topological polar surface area (TPSA) is 67.9 Å². The molecular weight excluding hydrogens is 515 g/mol. The number of nitrogens with one attached hydrogen (secondary N) is 1. The number of carbonyl (C=O) groups is 2. The first-order chi connectivity index (χ1) is 19.0. The summed E-state index contributed by atoms with van der Waals surface area (Å²) in [6.45, 7) is 0.681. The average Bonchev–Trinajstić information content (AvgIpc) is 3.43. The SMILES string of the molecule is O=C(NCc1ccc2c(c1)OCO2)c1ccc(C=C2Sc3ccccc3N(Cc3ccccc3F)C2=O)cc1. The van der Waals surface area contributed by atoms with Crippen molar-refractivity contribution in [2.75, 3.05) is 11.7 Å². The van der Waals surface area contributed by atoms with Crippen molar-refractivity contribution in [1.29, 1.82) is 0 Å². The molecule has 0 aromatic heterocycles. The van der Waals surface area contributed by atoms with Crippen LogP contribution < -0.4 is 19.7 Å². The number of nitrogens with zero attached hydrogens (tertiary/aromatic N) is 1. The van der Waals surface area contributed by atoms with E-state index in [1.807, 2.05) is 42.5 Å². The van der Waals surface area contributed by atoms with E-state index >= 15 is 0 Å². The second-order valence-electron chi connectivity index (χ2n) is 9.05. The Hall–Kier alpha value is -4.56. The molecule has 8 heteroatoms. The van der Waals surface area contributed by atoms with E-state index in [1.54, 1.807) is 53.4 Å². The normalized spacial score (nSPS) is 14.8. The highest BCUT2D eigenvalue weighted by Crippen LogP contribution is 2.42. The molecule has 0 fully saturated rings. The Morgan fingerprint density at radius 1 is 0.949 bits per heavy atom. The molecule has 0 aliphatic carbocycles. The number of fused-ring (bicyclic) bond motifs is 2. The van der Waals surface area contributed by atoms with Gasteiger partial charge in [-0.1, -0.05) is 60.3 Å². The van der Waals surface area contributed by atoms with Crippen molar-refractivity contribution in [3.05, 3.63) is 124 Å². The van der Waals surface area contributed by atoms with Crippen molar-refractivity contribution in [1.82, 2.24) is 5.32 Å². The van der Waals surface area contributed by atoms with Crippen LogP contribution in [0.3, 0.4) is 0 Å². The Morgan fingerprint density at radius 3 is 2.56 bits per heavy atom. The Bertz CT molecular complexity index is 1600. The van der Waals surface area contributed by atoms with Crippen molar-refractivity contribution in [3.8, 4) is 11.5 Å². The van der Waals surface area contributed by atoms with Crippen molar-refractivity contribution in [2.45, 2.75) is 18.0 Å². The van der Waals surface area contributed by atoms with Crippen molar-refractivity contribution in [3.63, 3.8) is 0 Å². The molecule has 0 unspecified atom stereocenters. The van der Waals surface area contributed by atoms with Gasteiger partial charge in [-0.2, -0.15) is 0 Å². The lowest BCUT2D eigenvalue weighted by molar-refractivity contribution is -0.114. The van der Waals surface area contributed by atoms with E-state index in [-0.39, 0.29) is 31.0 Å². The maximum atomic E-state index is 14.4. The summed E-state index contributed by atoms with van der Waals surface area (Å²) in [4.78, 5) is 29.3. The number of amides is 2. The molecule has 4 aromatic rings. The van der Waals surface area contributed by atoms with Gasteiger partial charge in [0.1, 0.15) is 5.82 Å². The fourth-order valence-electron chi connectivity index (χ4n) is 4.43. The smallest absolute Gasteiger partial charge is 0.265 e. The van der Waals surface area contributed by atoms with Crippen molar-refractivity contribution < 1.29 is 23.5 Å². The molecular formula is C31H23FN2O4S. The number of ether oxygens (including phenoxy) is 2. The third kappa shape index (κ3) is 5.24. The maximum Gasteiger partial charge on any atom is 0.265 e. The molecule has 39 heavy (non-hydrogen) atoms. The second kappa shape index (κ2) is 10.7. The van der Waals surface area contributed by atoms with Crippen LogP contribution in [0.5, 0.6) is 11.5 Å². The highest BCUT2D eigenvalue weighted by Gasteiger charge is 2.29. The zero-order chi connectivity index (χ0) is 26.8. The molecule has 2 aliphatic heterocycles. The Kier molecular flexibility index (Phi) is 6.77. The molecule has 2 heterocycles. The summed E-state index contributed by atoms with van der Waals surface area (Å²) in [6.07, 6.45) is 1.80. The summed E-state index contributed by atoms with van der Waals surface area (Å²) >= 11 is 1.38. The van der Waals surface area contributed by atoms with Gasteiger partial charge < -0.3 is 19.7 Å². The number of rotatable bonds is 6. The lowest BCUT2D eigenvalue weighted by Gasteiger charge is -2.30. The van der Waals surface area contributed by atoms with Gasteiger partial charge in [-0.25, -0.2) is 4.39 Å². The monoisotopic (exact) mass is 538 g/mol. The van der Waals surface area contributed by atoms with Gasteiger partial charge >= 0.3 is 0 Å². The van der Waals surface area contributed by atoms with E-state index in [9.17, 15) is 14.0 Å². The Morgan fingerprint density at radius 2 is 1.72 bits per heavy atom. The number of benzene rings is 4. The van der Waals surface area contributed by atoms with Crippen LogP contribution in [0.15, 0.2) is 101 Å².